The lowest BCUT2D eigenvalue weighted by molar-refractivity contribution is -0.384. The lowest BCUT2D eigenvalue weighted by Crippen LogP contribution is -2.57. The van der Waals surface area contributed by atoms with E-state index in [9.17, 15) is 10.1 Å². The van der Waals surface area contributed by atoms with Crippen LogP contribution in [0.15, 0.2) is 0 Å². The summed E-state index contributed by atoms with van der Waals surface area (Å²) in [7, 11) is 1.70. The molecule has 7 heteroatoms. The van der Waals surface area contributed by atoms with Crippen molar-refractivity contribution in [3.05, 3.63) is 15.8 Å². The van der Waals surface area contributed by atoms with Gasteiger partial charge in [0.2, 0.25) is 5.82 Å². The van der Waals surface area contributed by atoms with Crippen molar-refractivity contribution in [1.29, 1.82) is 0 Å². The lowest BCUT2D eigenvalue weighted by Gasteiger charge is -2.51. The van der Waals surface area contributed by atoms with Crippen LogP contribution < -0.4 is 5.32 Å². The molecule has 2 rings (SSSR count). The molecule has 0 radical (unpaired) electrons. The molecule has 0 aromatic carbocycles. The molecule has 7 nitrogen and oxygen atoms in total. The number of ether oxygens (including phenoxy) is 1. The van der Waals surface area contributed by atoms with Gasteiger partial charge in [-0.3, -0.25) is 10.1 Å². The van der Waals surface area contributed by atoms with Crippen LogP contribution in [0.25, 0.3) is 0 Å². The third-order valence-electron chi connectivity index (χ3n) is 4.49. The predicted molar refractivity (Wildman–Crippen MR) is 80.5 cm³/mol. The van der Waals surface area contributed by atoms with Crippen LogP contribution in [-0.2, 0) is 11.3 Å². The number of nitro groups is 1. The molecule has 1 N–H and O–H groups in total. The normalized spacial score (nSPS) is 23.7. The van der Waals surface area contributed by atoms with Gasteiger partial charge in [-0.15, -0.1) is 0 Å². The summed E-state index contributed by atoms with van der Waals surface area (Å²) >= 11 is 0. The highest BCUT2D eigenvalue weighted by atomic mass is 16.6. The summed E-state index contributed by atoms with van der Waals surface area (Å²) in [6.45, 7) is 8.60. The molecule has 0 aliphatic heterocycles. The van der Waals surface area contributed by atoms with E-state index in [0.29, 0.717) is 18.1 Å². The standard InChI is InChI=1S/C14H24N4O3/c1-6-7-17-13(12(18(19)20)9(2)16-17)15-10-8-11(21-5)14(10,3)4/h10-11,15H,6-8H2,1-5H3. The summed E-state index contributed by atoms with van der Waals surface area (Å²) in [6, 6.07) is 0.146. The molecule has 2 unspecified atom stereocenters. The molecule has 0 saturated heterocycles. The van der Waals surface area contributed by atoms with E-state index in [0.717, 1.165) is 12.8 Å². The molecule has 0 bridgehead atoms. The van der Waals surface area contributed by atoms with Crippen molar-refractivity contribution >= 4 is 11.5 Å². The van der Waals surface area contributed by atoms with E-state index in [2.05, 4.69) is 24.3 Å². The maximum absolute atomic E-state index is 11.3. The van der Waals surface area contributed by atoms with E-state index in [1.807, 2.05) is 6.92 Å². The minimum Gasteiger partial charge on any atom is -0.381 e. The fourth-order valence-corrected chi connectivity index (χ4v) is 3.00. The minimum absolute atomic E-state index is 0.0577. The maximum atomic E-state index is 11.3. The molecular weight excluding hydrogens is 272 g/mol. The number of methoxy groups -OCH3 is 1. The van der Waals surface area contributed by atoms with E-state index in [4.69, 9.17) is 4.74 Å². The molecule has 0 amide bonds. The highest BCUT2D eigenvalue weighted by Gasteiger charge is 2.49. The SMILES string of the molecule is CCCn1nc(C)c([N+](=O)[O-])c1NC1CC(OC)C1(C)C. The van der Waals surface area contributed by atoms with Crippen LogP contribution in [-0.4, -0.2) is 34.0 Å². The lowest BCUT2D eigenvalue weighted by atomic mass is 9.64. The second-order valence-electron chi connectivity index (χ2n) is 6.24. The number of aryl methyl sites for hydroxylation is 2. The van der Waals surface area contributed by atoms with Crippen molar-refractivity contribution in [2.45, 2.75) is 59.2 Å². The Hall–Kier alpha value is -1.63. The van der Waals surface area contributed by atoms with E-state index in [-0.39, 0.29) is 28.2 Å². The van der Waals surface area contributed by atoms with E-state index in [1.165, 1.54) is 0 Å². The van der Waals surface area contributed by atoms with Gasteiger partial charge in [-0.1, -0.05) is 20.8 Å². The van der Waals surface area contributed by atoms with Crippen LogP contribution in [0, 0.1) is 22.5 Å². The largest absolute Gasteiger partial charge is 0.381 e. The number of aromatic nitrogens is 2. The summed E-state index contributed by atoms with van der Waals surface area (Å²) in [5.41, 5.74) is 0.481. The average Bonchev–Trinajstić information content (AvgIpc) is 2.70. The van der Waals surface area contributed by atoms with E-state index < -0.39 is 0 Å². The molecule has 1 aliphatic carbocycles. The zero-order valence-electron chi connectivity index (χ0n) is 13.3. The molecule has 1 saturated carbocycles. The fourth-order valence-electron chi connectivity index (χ4n) is 3.00. The van der Waals surface area contributed by atoms with Crippen molar-refractivity contribution in [3.63, 3.8) is 0 Å². The van der Waals surface area contributed by atoms with Gasteiger partial charge in [0, 0.05) is 25.1 Å². The number of nitrogens with one attached hydrogen (secondary N) is 1. The van der Waals surface area contributed by atoms with Crippen LogP contribution in [0.1, 0.15) is 39.3 Å². The number of hydrogen-bond donors (Lipinski definition) is 1. The zero-order valence-corrected chi connectivity index (χ0v) is 13.3. The number of rotatable bonds is 6. The molecule has 2 atom stereocenters. The second-order valence-corrected chi connectivity index (χ2v) is 6.24. The number of anilines is 1. The van der Waals surface area contributed by atoms with E-state index in [1.54, 1.807) is 18.7 Å². The predicted octanol–water partition coefficient (Wildman–Crippen LogP) is 2.74. The summed E-state index contributed by atoms with van der Waals surface area (Å²) < 4.78 is 7.15. The fraction of sp³-hybridized carbons (Fsp3) is 0.786. The van der Waals surface area contributed by atoms with Gasteiger partial charge in [0.15, 0.2) is 0 Å². The smallest absolute Gasteiger partial charge is 0.333 e. The quantitative estimate of drug-likeness (QED) is 0.644. The monoisotopic (exact) mass is 296 g/mol. The van der Waals surface area contributed by atoms with Crippen LogP contribution in [0.3, 0.4) is 0 Å². The molecule has 1 aliphatic rings. The molecule has 1 heterocycles. The molecule has 1 aromatic rings. The Labute approximate surface area is 124 Å². The summed E-state index contributed by atoms with van der Waals surface area (Å²) in [5.74, 6) is 0.520. The second kappa shape index (κ2) is 5.63. The van der Waals surface area contributed by atoms with Crippen LogP contribution in [0.2, 0.25) is 0 Å². The third-order valence-corrected chi connectivity index (χ3v) is 4.49. The van der Waals surface area contributed by atoms with E-state index >= 15 is 0 Å². The van der Waals surface area contributed by atoms with Gasteiger partial charge in [0.1, 0.15) is 5.69 Å². The van der Waals surface area contributed by atoms with Crippen LogP contribution in [0.5, 0.6) is 0 Å². The van der Waals surface area contributed by atoms with Crippen LogP contribution >= 0.6 is 0 Å². The van der Waals surface area contributed by atoms with Crippen molar-refractivity contribution < 1.29 is 9.66 Å². The molecule has 21 heavy (non-hydrogen) atoms. The maximum Gasteiger partial charge on any atom is 0.333 e. The number of hydrogen-bond acceptors (Lipinski definition) is 5. The Morgan fingerprint density at radius 1 is 1.57 bits per heavy atom. The highest BCUT2D eigenvalue weighted by Crippen LogP contribution is 2.45. The first-order valence-corrected chi connectivity index (χ1v) is 7.34. The van der Waals surface area contributed by atoms with Gasteiger partial charge >= 0.3 is 5.69 Å². The Kier molecular flexibility index (Phi) is 4.22. The Balaban J connectivity index is 2.29. The Morgan fingerprint density at radius 3 is 2.71 bits per heavy atom. The summed E-state index contributed by atoms with van der Waals surface area (Å²) in [4.78, 5) is 11.0. The van der Waals surface area contributed by atoms with Gasteiger partial charge in [0.05, 0.1) is 11.0 Å². The first-order chi connectivity index (χ1) is 9.82. The topological polar surface area (TPSA) is 82.2 Å². The van der Waals surface area contributed by atoms with Crippen LogP contribution in [0.4, 0.5) is 11.5 Å². The highest BCUT2D eigenvalue weighted by molar-refractivity contribution is 5.60. The first-order valence-electron chi connectivity index (χ1n) is 7.34. The Bertz CT molecular complexity index is 539. The van der Waals surface area contributed by atoms with Crippen molar-refractivity contribution in [2.75, 3.05) is 12.4 Å². The van der Waals surface area contributed by atoms with Gasteiger partial charge in [-0.05, 0) is 19.8 Å². The van der Waals surface area contributed by atoms with Crippen molar-refractivity contribution in [3.8, 4) is 0 Å². The molecular formula is C14H24N4O3. The van der Waals surface area contributed by atoms with Gasteiger partial charge in [0.25, 0.3) is 0 Å². The molecule has 1 aromatic heterocycles. The summed E-state index contributed by atoms with van der Waals surface area (Å²) in [5, 5.41) is 19.0. The number of nitrogens with zero attached hydrogens (tertiary/aromatic N) is 3. The summed E-state index contributed by atoms with van der Waals surface area (Å²) in [6.07, 6.45) is 1.90. The van der Waals surface area contributed by atoms with Crippen molar-refractivity contribution in [2.24, 2.45) is 5.41 Å². The van der Waals surface area contributed by atoms with Gasteiger partial charge < -0.3 is 10.1 Å². The molecule has 118 valence electrons. The Morgan fingerprint density at radius 2 is 2.24 bits per heavy atom. The average molecular weight is 296 g/mol. The molecule has 1 fully saturated rings. The van der Waals surface area contributed by atoms with Crippen molar-refractivity contribution in [1.82, 2.24) is 9.78 Å². The molecule has 0 spiro atoms. The minimum atomic E-state index is -0.351. The van der Waals surface area contributed by atoms with Gasteiger partial charge in [-0.25, -0.2) is 4.68 Å². The third kappa shape index (κ3) is 2.62. The zero-order chi connectivity index (χ0) is 15.8. The van der Waals surface area contributed by atoms with Gasteiger partial charge in [-0.2, -0.15) is 5.10 Å². The first kappa shape index (κ1) is 15.8.